The highest BCUT2D eigenvalue weighted by Gasteiger charge is 2.34. The standard InChI is InChI=1S/C24H22F2N4O/c25-24(26)11-14-29(15-12-24)16-20-21-10-3-4-13-30(21)22(27-20)23(31)28-19-9-5-7-17-6-1-2-8-18(17)19/h1-10,13H,11-12,14-16H2,(H,28,31). The van der Waals surface area contributed by atoms with Crippen molar-refractivity contribution in [1.82, 2.24) is 14.3 Å². The normalized spacial score (nSPS) is 16.6. The fourth-order valence-electron chi connectivity index (χ4n) is 4.14. The Morgan fingerprint density at radius 1 is 1.00 bits per heavy atom. The molecular formula is C24H22F2N4O. The molecule has 31 heavy (non-hydrogen) atoms. The van der Waals surface area contributed by atoms with Crippen LogP contribution in [0.25, 0.3) is 16.3 Å². The molecule has 1 saturated heterocycles. The molecule has 5 rings (SSSR count). The van der Waals surface area contributed by atoms with Gasteiger partial charge in [-0.3, -0.25) is 14.1 Å². The summed E-state index contributed by atoms with van der Waals surface area (Å²) in [5.41, 5.74) is 2.24. The first kappa shape index (κ1) is 19.6. The van der Waals surface area contributed by atoms with E-state index in [9.17, 15) is 13.6 Å². The van der Waals surface area contributed by atoms with Crippen molar-refractivity contribution in [3.8, 4) is 0 Å². The molecule has 1 aliphatic rings. The van der Waals surface area contributed by atoms with Gasteiger partial charge in [-0.2, -0.15) is 0 Å². The zero-order valence-corrected chi connectivity index (χ0v) is 16.9. The van der Waals surface area contributed by atoms with Gasteiger partial charge in [-0.1, -0.05) is 42.5 Å². The Morgan fingerprint density at radius 2 is 1.74 bits per heavy atom. The first-order chi connectivity index (χ1) is 15.0. The molecule has 1 amide bonds. The number of carbonyl (C=O) groups excluding carboxylic acids is 1. The van der Waals surface area contributed by atoms with Crippen molar-refractivity contribution >= 4 is 27.9 Å². The Balaban J connectivity index is 1.44. The number of nitrogens with one attached hydrogen (secondary N) is 1. The lowest BCUT2D eigenvalue weighted by atomic mass is 10.1. The van der Waals surface area contributed by atoms with Gasteiger partial charge >= 0.3 is 0 Å². The second-order valence-corrected chi connectivity index (χ2v) is 7.95. The maximum Gasteiger partial charge on any atom is 0.292 e. The summed E-state index contributed by atoms with van der Waals surface area (Å²) in [4.78, 5) is 19.7. The maximum absolute atomic E-state index is 13.5. The molecule has 4 aromatic rings. The van der Waals surface area contributed by atoms with Gasteiger partial charge in [-0.25, -0.2) is 13.8 Å². The summed E-state index contributed by atoms with van der Waals surface area (Å²) in [6.45, 7) is 1.07. The summed E-state index contributed by atoms with van der Waals surface area (Å²) in [6, 6.07) is 19.2. The van der Waals surface area contributed by atoms with Crippen LogP contribution in [0.5, 0.6) is 0 Å². The monoisotopic (exact) mass is 420 g/mol. The number of alkyl halides is 2. The quantitative estimate of drug-likeness (QED) is 0.507. The Hall–Kier alpha value is -3.32. The molecule has 0 spiro atoms. The molecule has 0 radical (unpaired) electrons. The van der Waals surface area contributed by atoms with E-state index in [1.165, 1.54) is 0 Å². The number of halogens is 2. The first-order valence-electron chi connectivity index (χ1n) is 10.4. The third-order valence-corrected chi connectivity index (χ3v) is 5.83. The average Bonchev–Trinajstić information content (AvgIpc) is 3.14. The summed E-state index contributed by atoms with van der Waals surface area (Å²) in [5.74, 6) is -2.62. The van der Waals surface area contributed by atoms with Gasteiger partial charge in [-0.05, 0) is 23.6 Å². The number of likely N-dealkylation sites (tertiary alicyclic amines) is 1. The number of imidazole rings is 1. The van der Waals surface area contributed by atoms with E-state index < -0.39 is 5.92 Å². The van der Waals surface area contributed by atoms with Crippen LogP contribution in [0.2, 0.25) is 0 Å². The van der Waals surface area contributed by atoms with Gasteiger partial charge in [0.25, 0.3) is 11.8 Å². The molecule has 7 heteroatoms. The van der Waals surface area contributed by atoms with Crippen molar-refractivity contribution in [2.24, 2.45) is 0 Å². The molecule has 0 atom stereocenters. The Bertz CT molecular complexity index is 1250. The van der Waals surface area contributed by atoms with E-state index in [4.69, 9.17) is 0 Å². The molecule has 1 N–H and O–H groups in total. The van der Waals surface area contributed by atoms with E-state index in [0.29, 0.717) is 25.3 Å². The fraction of sp³-hybridized carbons (Fsp3) is 0.250. The lowest BCUT2D eigenvalue weighted by Gasteiger charge is -2.31. The van der Waals surface area contributed by atoms with E-state index in [-0.39, 0.29) is 24.6 Å². The number of fused-ring (bicyclic) bond motifs is 2. The summed E-state index contributed by atoms with van der Waals surface area (Å²) in [7, 11) is 0. The number of rotatable bonds is 4. The van der Waals surface area contributed by atoms with Crippen LogP contribution < -0.4 is 5.32 Å². The topological polar surface area (TPSA) is 49.6 Å². The molecule has 5 nitrogen and oxygen atoms in total. The molecular weight excluding hydrogens is 398 g/mol. The smallest absolute Gasteiger partial charge is 0.292 e. The second-order valence-electron chi connectivity index (χ2n) is 7.95. The first-order valence-corrected chi connectivity index (χ1v) is 10.4. The van der Waals surface area contributed by atoms with E-state index in [2.05, 4.69) is 10.3 Å². The number of anilines is 1. The van der Waals surface area contributed by atoms with Crippen molar-refractivity contribution in [3.63, 3.8) is 0 Å². The zero-order chi connectivity index (χ0) is 21.4. The van der Waals surface area contributed by atoms with Crippen molar-refractivity contribution < 1.29 is 13.6 Å². The number of nitrogens with zero attached hydrogens (tertiary/aromatic N) is 3. The van der Waals surface area contributed by atoms with E-state index >= 15 is 0 Å². The van der Waals surface area contributed by atoms with E-state index in [0.717, 1.165) is 22.0 Å². The molecule has 0 bridgehead atoms. The van der Waals surface area contributed by atoms with Gasteiger partial charge in [0.2, 0.25) is 5.82 Å². The number of hydrogen-bond donors (Lipinski definition) is 1. The van der Waals surface area contributed by atoms with Crippen LogP contribution in [0, 0.1) is 0 Å². The van der Waals surface area contributed by atoms with Crippen molar-refractivity contribution in [1.29, 1.82) is 0 Å². The minimum atomic E-state index is -2.59. The predicted molar refractivity (Wildman–Crippen MR) is 117 cm³/mol. The largest absolute Gasteiger partial charge is 0.319 e. The molecule has 0 aliphatic carbocycles. The highest BCUT2D eigenvalue weighted by atomic mass is 19.3. The highest BCUT2D eigenvalue weighted by Crippen LogP contribution is 2.29. The van der Waals surface area contributed by atoms with Crippen molar-refractivity contribution in [3.05, 3.63) is 78.4 Å². The summed E-state index contributed by atoms with van der Waals surface area (Å²) in [6.07, 6.45) is 1.51. The Labute approximate surface area is 178 Å². The average molecular weight is 420 g/mol. The molecule has 0 saturated carbocycles. The summed E-state index contributed by atoms with van der Waals surface area (Å²) < 4.78 is 28.8. The Kier molecular flexibility index (Phi) is 4.90. The van der Waals surface area contributed by atoms with Crippen molar-refractivity contribution in [2.45, 2.75) is 25.3 Å². The minimum absolute atomic E-state index is 0.146. The lowest BCUT2D eigenvalue weighted by molar-refractivity contribution is -0.0567. The SMILES string of the molecule is O=C(Nc1cccc2ccccc12)c1nc(CN2CCC(F)(F)CC2)c2ccccn12. The van der Waals surface area contributed by atoms with Gasteiger partial charge < -0.3 is 5.32 Å². The third kappa shape index (κ3) is 3.88. The minimum Gasteiger partial charge on any atom is -0.319 e. The third-order valence-electron chi connectivity index (χ3n) is 5.83. The molecule has 3 heterocycles. The van der Waals surface area contributed by atoms with Crippen LogP contribution in [-0.4, -0.2) is 39.2 Å². The van der Waals surface area contributed by atoms with E-state index in [1.54, 1.807) is 10.6 Å². The molecule has 2 aromatic heterocycles. The van der Waals surface area contributed by atoms with Crippen LogP contribution in [0.15, 0.2) is 66.9 Å². The van der Waals surface area contributed by atoms with Gasteiger partial charge in [0.15, 0.2) is 0 Å². The molecule has 1 aliphatic heterocycles. The van der Waals surface area contributed by atoms with Crippen LogP contribution in [0.3, 0.4) is 0 Å². The maximum atomic E-state index is 13.5. The summed E-state index contributed by atoms with van der Waals surface area (Å²) >= 11 is 0. The van der Waals surface area contributed by atoms with Crippen LogP contribution in [-0.2, 0) is 6.54 Å². The fourth-order valence-corrected chi connectivity index (χ4v) is 4.14. The number of aromatic nitrogens is 2. The van der Waals surface area contributed by atoms with Gasteiger partial charge in [-0.15, -0.1) is 0 Å². The van der Waals surface area contributed by atoms with Gasteiger partial charge in [0.1, 0.15) is 0 Å². The lowest BCUT2D eigenvalue weighted by Crippen LogP contribution is -2.38. The second kappa shape index (κ2) is 7.74. The summed E-state index contributed by atoms with van der Waals surface area (Å²) in [5, 5.41) is 4.98. The van der Waals surface area contributed by atoms with Gasteiger partial charge in [0.05, 0.1) is 11.2 Å². The number of amides is 1. The predicted octanol–water partition coefficient (Wildman–Crippen LogP) is 4.97. The molecule has 0 unspecified atom stereocenters. The van der Waals surface area contributed by atoms with Crippen LogP contribution >= 0.6 is 0 Å². The number of piperidine rings is 1. The number of carbonyl (C=O) groups is 1. The van der Waals surface area contributed by atoms with Gasteiger partial charge in [0, 0.05) is 49.7 Å². The highest BCUT2D eigenvalue weighted by molar-refractivity contribution is 6.08. The van der Waals surface area contributed by atoms with Crippen LogP contribution in [0.4, 0.5) is 14.5 Å². The molecule has 2 aromatic carbocycles. The molecule has 1 fully saturated rings. The Morgan fingerprint density at radius 3 is 2.58 bits per heavy atom. The van der Waals surface area contributed by atoms with Crippen molar-refractivity contribution in [2.75, 3.05) is 18.4 Å². The number of hydrogen-bond acceptors (Lipinski definition) is 3. The molecule has 158 valence electrons. The zero-order valence-electron chi connectivity index (χ0n) is 16.9. The number of pyridine rings is 1. The van der Waals surface area contributed by atoms with E-state index in [1.807, 2.05) is 65.6 Å². The number of benzene rings is 2. The van der Waals surface area contributed by atoms with Crippen LogP contribution in [0.1, 0.15) is 29.2 Å².